The molecule has 1 aliphatic rings. The second-order valence-corrected chi connectivity index (χ2v) is 3.76. The normalized spacial score (nSPS) is 18.2. The summed E-state index contributed by atoms with van der Waals surface area (Å²) in [6.45, 7) is 4.05. The fourth-order valence-corrected chi connectivity index (χ4v) is 2.20. The van der Waals surface area contributed by atoms with Crippen molar-refractivity contribution >= 4 is 29.0 Å². The quantitative estimate of drug-likeness (QED) is 0.744. The molecule has 1 fully saturated rings. The van der Waals surface area contributed by atoms with Crippen molar-refractivity contribution in [3.63, 3.8) is 0 Å². The van der Waals surface area contributed by atoms with Gasteiger partial charge in [0.15, 0.2) is 5.82 Å². The number of nitrogens with one attached hydrogen (secondary N) is 1. The molecule has 0 bridgehead atoms. The summed E-state index contributed by atoms with van der Waals surface area (Å²) in [5.41, 5.74) is 0. The SMILES string of the molecule is Clc1csnc1N1CCNCC1. The Morgan fingerprint density at radius 1 is 1.50 bits per heavy atom. The maximum Gasteiger partial charge on any atom is 0.161 e. The van der Waals surface area contributed by atoms with Gasteiger partial charge in [0, 0.05) is 31.6 Å². The minimum absolute atomic E-state index is 0.780. The van der Waals surface area contributed by atoms with Gasteiger partial charge >= 0.3 is 0 Å². The van der Waals surface area contributed by atoms with Crippen molar-refractivity contribution in [2.24, 2.45) is 0 Å². The van der Waals surface area contributed by atoms with Crippen LogP contribution in [0.15, 0.2) is 5.38 Å². The Morgan fingerprint density at radius 2 is 2.25 bits per heavy atom. The predicted molar refractivity (Wildman–Crippen MR) is 52.2 cm³/mol. The van der Waals surface area contributed by atoms with Gasteiger partial charge in [-0.05, 0) is 11.5 Å². The molecule has 0 unspecified atom stereocenters. The minimum atomic E-state index is 0.780. The average Bonchev–Trinajstić information content (AvgIpc) is 2.53. The Bertz CT molecular complexity index is 257. The zero-order valence-corrected chi connectivity index (χ0v) is 8.16. The molecule has 1 aromatic heterocycles. The van der Waals surface area contributed by atoms with Crippen LogP contribution in [-0.2, 0) is 0 Å². The maximum absolute atomic E-state index is 5.96. The molecule has 1 aromatic rings. The predicted octanol–water partition coefficient (Wildman–Crippen LogP) is 1.21. The number of halogens is 1. The summed E-state index contributed by atoms with van der Waals surface area (Å²) in [5.74, 6) is 0.947. The molecular formula is C7H10ClN3S. The molecule has 1 aliphatic heterocycles. The Balaban J connectivity index is 2.13. The second kappa shape index (κ2) is 3.60. The Labute approximate surface area is 80.5 Å². The summed E-state index contributed by atoms with van der Waals surface area (Å²) in [4.78, 5) is 2.22. The fourth-order valence-electron chi connectivity index (χ4n) is 1.30. The van der Waals surface area contributed by atoms with Crippen LogP contribution >= 0.6 is 23.1 Å². The summed E-state index contributed by atoms with van der Waals surface area (Å²) < 4.78 is 4.25. The van der Waals surface area contributed by atoms with E-state index in [1.807, 2.05) is 5.38 Å². The van der Waals surface area contributed by atoms with Crippen molar-refractivity contribution in [2.45, 2.75) is 0 Å². The van der Waals surface area contributed by atoms with Crippen LogP contribution in [0.3, 0.4) is 0 Å². The van der Waals surface area contributed by atoms with Gasteiger partial charge in [0.05, 0.1) is 5.02 Å². The summed E-state index contributed by atoms with van der Waals surface area (Å²) in [7, 11) is 0. The van der Waals surface area contributed by atoms with Crippen molar-refractivity contribution < 1.29 is 0 Å². The largest absolute Gasteiger partial charge is 0.352 e. The van der Waals surface area contributed by atoms with E-state index in [4.69, 9.17) is 11.6 Å². The van der Waals surface area contributed by atoms with Crippen LogP contribution in [-0.4, -0.2) is 30.6 Å². The molecule has 5 heteroatoms. The van der Waals surface area contributed by atoms with E-state index in [0.717, 1.165) is 37.0 Å². The van der Waals surface area contributed by atoms with Crippen LogP contribution in [0.1, 0.15) is 0 Å². The van der Waals surface area contributed by atoms with Crippen LogP contribution in [0.25, 0.3) is 0 Å². The van der Waals surface area contributed by atoms with Crippen LogP contribution in [0, 0.1) is 0 Å². The standard InChI is InChI=1S/C7H10ClN3S/c8-6-5-12-10-7(6)11-3-1-9-2-4-11/h5,9H,1-4H2. The molecule has 2 rings (SSSR count). The third kappa shape index (κ3) is 1.55. The number of hydrogen-bond acceptors (Lipinski definition) is 4. The highest BCUT2D eigenvalue weighted by molar-refractivity contribution is 7.04. The third-order valence-corrected chi connectivity index (χ3v) is 2.95. The zero-order valence-electron chi connectivity index (χ0n) is 6.59. The molecule has 0 saturated carbocycles. The molecule has 0 spiro atoms. The molecule has 12 heavy (non-hydrogen) atoms. The monoisotopic (exact) mass is 203 g/mol. The number of rotatable bonds is 1. The van der Waals surface area contributed by atoms with Gasteiger partial charge in [-0.15, -0.1) is 0 Å². The molecule has 1 saturated heterocycles. The van der Waals surface area contributed by atoms with Gasteiger partial charge in [0.25, 0.3) is 0 Å². The molecule has 0 aromatic carbocycles. The highest BCUT2D eigenvalue weighted by atomic mass is 35.5. The van der Waals surface area contributed by atoms with Crippen LogP contribution in [0.5, 0.6) is 0 Å². The Morgan fingerprint density at radius 3 is 2.83 bits per heavy atom. The molecule has 2 heterocycles. The van der Waals surface area contributed by atoms with Crippen molar-refractivity contribution in [3.05, 3.63) is 10.4 Å². The van der Waals surface area contributed by atoms with Crippen LogP contribution in [0.4, 0.5) is 5.82 Å². The molecule has 0 amide bonds. The fraction of sp³-hybridized carbons (Fsp3) is 0.571. The van der Waals surface area contributed by atoms with E-state index in [2.05, 4.69) is 14.6 Å². The molecule has 0 aliphatic carbocycles. The van der Waals surface area contributed by atoms with E-state index in [-0.39, 0.29) is 0 Å². The smallest absolute Gasteiger partial charge is 0.161 e. The first-order chi connectivity index (χ1) is 5.88. The average molecular weight is 204 g/mol. The molecule has 66 valence electrons. The maximum atomic E-state index is 5.96. The van der Waals surface area contributed by atoms with E-state index in [1.165, 1.54) is 11.5 Å². The van der Waals surface area contributed by atoms with E-state index in [0.29, 0.717) is 0 Å². The van der Waals surface area contributed by atoms with Gasteiger partial charge in [0.1, 0.15) is 0 Å². The lowest BCUT2D eigenvalue weighted by atomic mass is 10.3. The lowest BCUT2D eigenvalue weighted by Gasteiger charge is -2.27. The highest BCUT2D eigenvalue weighted by Gasteiger charge is 2.14. The summed E-state index contributed by atoms with van der Waals surface area (Å²) in [6, 6.07) is 0. The van der Waals surface area contributed by atoms with Crippen molar-refractivity contribution in [2.75, 3.05) is 31.1 Å². The third-order valence-electron chi connectivity index (χ3n) is 1.93. The van der Waals surface area contributed by atoms with Gasteiger partial charge in [0.2, 0.25) is 0 Å². The van der Waals surface area contributed by atoms with Crippen molar-refractivity contribution in [1.29, 1.82) is 0 Å². The zero-order chi connectivity index (χ0) is 8.39. The highest BCUT2D eigenvalue weighted by Crippen LogP contribution is 2.25. The molecule has 0 radical (unpaired) electrons. The molecular weight excluding hydrogens is 194 g/mol. The number of aromatic nitrogens is 1. The van der Waals surface area contributed by atoms with E-state index < -0.39 is 0 Å². The van der Waals surface area contributed by atoms with Crippen LogP contribution < -0.4 is 10.2 Å². The summed E-state index contributed by atoms with van der Waals surface area (Å²) >= 11 is 7.37. The summed E-state index contributed by atoms with van der Waals surface area (Å²) in [6.07, 6.45) is 0. The molecule has 0 atom stereocenters. The van der Waals surface area contributed by atoms with Gasteiger partial charge in [-0.3, -0.25) is 0 Å². The van der Waals surface area contributed by atoms with Crippen molar-refractivity contribution in [1.82, 2.24) is 9.69 Å². The van der Waals surface area contributed by atoms with Gasteiger partial charge in [-0.25, -0.2) is 0 Å². The first kappa shape index (κ1) is 8.29. The molecule has 3 nitrogen and oxygen atoms in total. The Kier molecular flexibility index (Phi) is 2.48. The van der Waals surface area contributed by atoms with Gasteiger partial charge < -0.3 is 10.2 Å². The van der Waals surface area contributed by atoms with E-state index in [1.54, 1.807) is 0 Å². The summed E-state index contributed by atoms with van der Waals surface area (Å²) in [5, 5.41) is 5.94. The number of hydrogen-bond donors (Lipinski definition) is 1. The van der Waals surface area contributed by atoms with Gasteiger partial charge in [-0.2, -0.15) is 4.37 Å². The number of piperazine rings is 1. The number of nitrogens with zero attached hydrogens (tertiary/aromatic N) is 2. The van der Waals surface area contributed by atoms with Crippen molar-refractivity contribution in [3.8, 4) is 0 Å². The van der Waals surface area contributed by atoms with Crippen LogP contribution in [0.2, 0.25) is 5.02 Å². The number of anilines is 1. The Hall–Kier alpha value is -0.320. The molecule has 1 N–H and O–H groups in total. The second-order valence-electron chi connectivity index (χ2n) is 2.72. The van der Waals surface area contributed by atoms with E-state index in [9.17, 15) is 0 Å². The first-order valence-electron chi connectivity index (χ1n) is 3.93. The lowest BCUT2D eigenvalue weighted by molar-refractivity contribution is 0.586. The minimum Gasteiger partial charge on any atom is -0.352 e. The first-order valence-corrected chi connectivity index (χ1v) is 5.15. The topological polar surface area (TPSA) is 28.2 Å². The van der Waals surface area contributed by atoms with Gasteiger partial charge in [-0.1, -0.05) is 11.6 Å². The van der Waals surface area contributed by atoms with E-state index >= 15 is 0 Å². The lowest BCUT2D eigenvalue weighted by Crippen LogP contribution is -2.43.